The van der Waals surface area contributed by atoms with Crippen molar-refractivity contribution in [1.29, 1.82) is 0 Å². The van der Waals surface area contributed by atoms with Crippen LogP contribution in [-0.4, -0.2) is 15.0 Å². The number of aromatic amines is 1. The standard InChI is InChI=1S/C16H17N3S/c1-2-4-11(5-3-1)12-8-13-14(16-17-6-7-20-16)10-19-15(13)18-9-12/h6-11H,1-5H2,(H,18,19). The summed E-state index contributed by atoms with van der Waals surface area (Å²) in [5.41, 5.74) is 3.55. The van der Waals surface area contributed by atoms with Crippen molar-refractivity contribution in [2.24, 2.45) is 0 Å². The molecule has 0 spiro atoms. The smallest absolute Gasteiger partial charge is 0.137 e. The van der Waals surface area contributed by atoms with Crippen molar-refractivity contribution in [2.45, 2.75) is 38.0 Å². The lowest BCUT2D eigenvalue weighted by molar-refractivity contribution is 0.443. The summed E-state index contributed by atoms with van der Waals surface area (Å²) in [6.45, 7) is 0. The molecule has 0 aliphatic heterocycles. The van der Waals surface area contributed by atoms with Crippen LogP contribution >= 0.6 is 11.3 Å². The number of hydrogen-bond donors (Lipinski definition) is 1. The number of thiazole rings is 1. The van der Waals surface area contributed by atoms with Crippen LogP contribution in [0.2, 0.25) is 0 Å². The van der Waals surface area contributed by atoms with Crippen molar-refractivity contribution < 1.29 is 0 Å². The van der Waals surface area contributed by atoms with Crippen LogP contribution in [0.25, 0.3) is 21.6 Å². The molecule has 1 aliphatic carbocycles. The van der Waals surface area contributed by atoms with Gasteiger partial charge < -0.3 is 4.98 Å². The lowest BCUT2D eigenvalue weighted by atomic mass is 9.84. The van der Waals surface area contributed by atoms with Crippen LogP contribution < -0.4 is 0 Å². The molecule has 1 fully saturated rings. The molecule has 1 aliphatic rings. The molecule has 0 aromatic carbocycles. The van der Waals surface area contributed by atoms with E-state index < -0.39 is 0 Å². The Morgan fingerprint density at radius 1 is 1.15 bits per heavy atom. The summed E-state index contributed by atoms with van der Waals surface area (Å²) in [4.78, 5) is 12.3. The van der Waals surface area contributed by atoms with Crippen LogP contribution in [0.4, 0.5) is 0 Å². The van der Waals surface area contributed by atoms with Gasteiger partial charge in [-0.2, -0.15) is 0 Å². The number of fused-ring (bicyclic) bond motifs is 1. The number of nitrogens with zero attached hydrogens (tertiary/aromatic N) is 2. The highest BCUT2D eigenvalue weighted by Crippen LogP contribution is 2.35. The van der Waals surface area contributed by atoms with Gasteiger partial charge in [-0.15, -0.1) is 11.3 Å². The first-order valence-corrected chi connectivity index (χ1v) is 8.16. The van der Waals surface area contributed by atoms with Gasteiger partial charge in [-0.05, 0) is 30.4 Å². The molecule has 0 bridgehead atoms. The zero-order chi connectivity index (χ0) is 13.4. The molecule has 102 valence electrons. The van der Waals surface area contributed by atoms with Crippen LogP contribution in [0.15, 0.2) is 30.0 Å². The van der Waals surface area contributed by atoms with E-state index >= 15 is 0 Å². The van der Waals surface area contributed by atoms with Gasteiger partial charge in [-0.1, -0.05) is 19.3 Å². The first kappa shape index (κ1) is 12.1. The van der Waals surface area contributed by atoms with E-state index in [0.717, 1.165) is 10.7 Å². The summed E-state index contributed by atoms with van der Waals surface area (Å²) < 4.78 is 0. The molecular weight excluding hydrogens is 266 g/mol. The zero-order valence-corrected chi connectivity index (χ0v) is 12.1. The Bertz CT molecular complexity index is 708. The maximum absolute atomic E-state index is 4.61. The molecule has 0 atom stereocenters. The Morgan fingerprint density at radius 2 is 2.05 bits per heavy atom. The molecule has 20 heavy (non-hydrogen) atoms. The second kappa shape index (κ2) is 5.02. The first-order chi connectivity index (χ1) is 9.92. The minimum Gasteiger partial charge on any atom is -0.345 e. The number of rotatable bonds is 2. The summed E-state index contributed by atoms with van der Waals surface area (Å²) in [5.74, 6) is 0.694. The normalized spacial score (nSPS) is 16.8. The molecule has 0 unspecified atom stereocenters. The fourth-order valence-corrected chi connectivity index (χ4v) is 3.88. The lowest BCUT2D eigenvalue weighted by Crippen LogP contribution is -2.04. The molecule has 3 aromatic rings. The van der Waals surface area contributed by atoms with Crippen molar-refractivity contribution in [3.8, 4) is 10.6 Å². The summed E-state index contributed by atoms with van der Waals surface area (Å²) in [6.07, 6.45) is 12.7. The van der Waals surface area contributed by atoms with Gasteiger partial charge in [0.1, 0.15) is 10.7 Å². The molecule has 1 saturated carbocycles. The zero-order valence-electron chi connectivity index (χ0n) is 11.3. The van der Waals surface area contributed by atoms with Crippen LogP contribution in [0.5, 0.6) is 0 Å². The Hall–Kier alpha value is -1.68. The van der Waals surface area contributed by atoms with Gasteiger partial charge >= 0.3 is 0 Å². The fourth-order valence-electron chi connectivity index (χ4n) is 3.21. The average molecular weight is 283 g/mol. The van der Waals surface area contributed by atoms with Gasteiger partial charge in [-0.25, -0.2) is 9.97 Å². The molecule has 3 nitrogen and oxygen atoms in total. The maximum Gasteiger partial charge on any atom is 0.137 e. The Balaban J connectivity index is 1.79. The van der Waals surface area contributed by atoms with Gasteiger partial charge in [0.25, 0.3) is 0 Å². The molecule has 0 amide bonds. The van der Waals surface area contributed by atoms with Crippen LogP contribution in [-0.2, 0) is 0 Å². The van der Waals surface area contributed by atoms with Crippen molar-refractivity contribution in [3.63, 3.8) is 0 Å². The Labute approximate surface area is 122 Å². The number of pyridine rings is 1. The third-order valence-corrected chi connectivity index (χ3v) is 5.10. The third kappa shape index (κ3) is 2.04. The van der Waals surface area contributed by atoms with E-state index in [1.54, 1.807) is 11.3 Å². The Morgan fingerprint density at radius 3 is 2.85 bits per heavy atom. The fraction of sp³-hybridized carbons (Fsp3) is 0.375. The van der Waals surface area contributed by atoms with E-state index in [1.165, 1.54) is 48.6 Å². The number of nitrogens with one attached hydrogen (secondary N) is 1. The van der Waals surface area contributed by atoms with Crippen molar-refractivity contribution in [1.82, 2.24) is 15.0 Å². The summed E-state index contributed by atoms with van der Waals surface area (Å²) in [6, 6.07) is 2.32. The van der Waals surface area contributed by atoms with E-state index in [0.29, 0.717) is 5.92 Å². The average Bonchev–Trinajstić information content (AvgIpc) is 3.16. The quantitative estimate of drug-likeness (QED) is 0.738. The second-order valence-electron chi connectivity index (χ2n) is 5.54. The maximum atomic E-state index is 4.61. The molecule has 3 heterocycles. The predicted octanol–water partition coefficient (Wildman–Crippen LogP) is 4.73. The SMILES string of the molecule is c1csc(-c2c[nH]c3ncc(C4CCCCC4)cc23)n1. The molecule has 4 heteroatoms. The topological polar surface area (TPSA) is 41.6 Å². The highest BCUT2D eigenvalue weighted by Gasteiger charge is 2.17. The monoisotopic (exact) mass is 283 g/mol. The molecule has 4 rings (SSSR count). The number of H-pyrrole nitrogens is 1. The van der Waals surface area contributed by atoms with Gasteiger partial charge in [-0.3, -0.25) is 0 Å². The van der Waals surface area contributed by atoms with Gasteiger partial charge in [0.15, 0.2) is 0 Å². The number of hydrogen-bond acceptors (Lipinski definition) is 3. The van der Waals surface area contributed by atoms with E-state index in [9.17, 15) is 0 Å². The van der Waals surface area contributed by atoms with Crippen LogP contribution in [0, 0.1) is 0 Å². The highest BCUT2D eigenvalue weighted by atomic mass is 32.1. The van der Waals surface area contributed by atoms with Crippen molar-refractivity contribution in [3.05, 3.63) is 35.6 Å². The molecular formula is C16H17N3S. The van der Waals surface area contributed by atoms with Crippen molar-refractivity contribution >= 4 is 22.4 Å². The summed E-state index contributed by atoms with van der Waals surface area (Å²) in [5, 5.41) is 4.30. The summed E-state index contributed by atoms with van der Waals surface area (Å²) in [7, 11) is 0. The minimum atomic E-state index is 0.694. The largest absolute Gasteiger partial charge is 0.345 e. The second-order valence-corrected chi connectivity index (χ2v) is 6.43. The lowest BCUT2D eigenvalue weighted by Gasteiger charge is -2.21. The van der Waals surface area contributed by atoms with E-state index in [-0.39, 0.29) is 0 Å². The van der Waals surface area contributed by atoms with E-state index in [2.05, 4.69) is 27.2 Å². The van der Waals surface area contributed by atoms with Gasteiger partial charge in [0.2, 0.25) is 0 Å². The predicted molar refractivity (Wildman–Crippen MR) is 83.0 cm³/mol. The van der Waals surface area contributed by atoms with E-state index in [1.807, 2.05) is 17.8 Å². The van der Waals surface area contributed by atoms with Gasteiger partial charge in [0.05, 0.1) is 0 Å². The minimum absolute atomic E-state index is 0.694. The highest BCUT2D eigenvalue weighted by molar-refractivity contribution is 7.13. The molecule has 1 N–H and O–H groups in total. The van der Waals surface area contributed by atoms with E-state index in [4.69, 9.17) is 0 Å². The summed E-state index contributed by atoms with van der Waals surface area (Å²) >= 11 is 1.68. The number of aromatic nitrogens is 3. The van der Waals surface area contributed by atoms with Gasteiger partial charge in [0, 0.05) is 34.9 Å². The molecule has 0 saturated heterocycles. The first-order valence-electron chi connectivity index (χ1n) is 7.29. The van der Waals surface area contributed by atoms with Crippen molar-refractivity contribution in [2.75, 3.05) is 0 Å². The van der Waals surface area contributed by atoms with Crippen LogP contribution in [0.3, 0.4) is 0 Å². The molecule has 3 aromatic heterocycles. The van der Waals surface area contributed by atoms with Crippen LogP contribution in [0.1, 0.15) is 43.6 Å². The third-order valence-electron chi connectivity index (χ3n) is 4.29. The molecule has 0 radical (unpaired) electrons. The Kier molecular flexibility index (Phi) is 3.03.